The van der Waals surface area contributed by atoms with Gasteiger partial charge in [-0.1, -0.05) is 12.1 Å². The van der Waals surface area contributed by atoms with E-state index in [1.54, 1.807) is 0 Å². The van der Waals surface area contributed by atoms with Gasteiger partial charge in [-0.15, -0.1) is 0 Å². The molecule has 0 aliphatic carbocycles. The van der Waals surface area contributed by atoms with E-state index in [0.717, 1.165) is 75.4 Å². The molecule has 2 heterocycles. The number of aliphatic hydroxyl groups excluding tert-OH is 1. The van der Waals surface area contributed by atoms with Gasteiger partial charge in [0.2, 0.25) is 5.91 Å². The van der Waals surface area contributed by atoms with Gasteiger partial charge in [0.1, 0.15) is 18.5 Å². The number of hydrogen-bond donors (Lipinski definition) is 1. The summed E-state index contributed by atoms with van der Waals surface area (Å²) < 4.78 is 5.98. The normalized spacial score (nSPS) is 19.9. The molecule has 2 saturated heterocycles. The number of ether oxygens (including phenoxy) is 1. The van der Waals surface area contributed by atoms with E-state index in [0.29, 0.717) is 19.7 Å². The summed E-state index contributed by atoms with van der Waals surface area (Å²) in [5.74, 6) is 1.17. The summed E-state index contributed by atoms with van der Waals surface area (Å²) in [5.41, 5.74) is 3.45. The number of carbonyl (C=O) groups excluding carboxylic acids is 1. The summed E-state index contributed by atoms with van der Waals surface area (Å²) in [7, 11) is 0. The first-order valence-electron chi connectivity index (χ1n) is 11.0. The van der Waals surface area contributed by atoms with Crippen LogP contribution in [0.5, 0.6) is 5.75 Å². The van der Waals surface area contributed by atoms with Crippen LogP contribution in [0.25, 0.3) is 0 Å². The summed E-state index contributed by atoms with van der Waals surface area (Å²) in [6.07, 6.45) is 2.78. The zero-order valence-electron chi connectivity index (χ0n) is 18.3. The maximum Gasteiger partial charge on any atom is 0.236 e. The number of carbonyl (C=O) groups is 1. The molecule has 1 unspecified atom stereocenters. The molecule has 0 bridgehead atoms. The topological polar surface area (TPSA) is 56.3 Å². The molecule has 162 valence electrons. The fourth-order valence-electron chi connectivity index (χ4n) is 4.30. The van der Waals surface area contributed by atoms with E-state index in [4.69, 9.17) is 4.74 Å². The maximum absolute atomic E-state index is 12.4. The Kier molecular flexibility index (Phi) is 7.92. The molecule has 1 N–H and O–H groups in total. The Hall–Kier alpha value is -1.63. The lowest BCUT2D eigenvalue weighted by Crippen LogP contribution is -2.41. The molecule has 1 amide bonds. The molecule has 0 aromatic heterocycles. The van der Waals surface area contributed by atoms with Crippen molar-refractivity contribution in [2.24, 2.45) is 0 Å². The molecular weight excluding hydrogens is 366 g/mol. The summed E-state index contributed by atoms with van der Waals surface area (Å²) in [5, 5.41) is 10.5. The van der Waals surface area contributed by atoms with Gasteiger partial charge in [0.05, 0.1) is 6.54 Å². The molecule has 6 nitrogen and oxygen atoms in total. The number of rotatable bonds is 7. The highest BCUT2D eigenvalue weighted by Crippen LogP contribution is 2.25. The Balaban J connectivity index is 1.42. The van der Waals surface area contributed by atoms with Gasteiger partial charge in [0.15, 0.2) is 0 Å². The average Bonchev–Trinajstić information content (AvgIpc) is 3.15. The fraction of sp³-hybridized carbons (Fsp3) is 0.696. The largest absolute Gasteiger partial charge is 0.490 e. The van der Waals surface area contributed by atoms with Gasteiger partial charge in [-0.25, -0.2) is 0 Å². The molecule has 3 rings (SSSR count). The number of likely N-dealkylation sites (tertiary alicyclic amines) is 1. The number of nitrogens with zero attached hydrogens (tertiary/aromatic N) is 3. The van der Waals surface area contributed by atoms with E-state index < -0.39 is 6.10 Å². The first-order chi connectivity index (χ1) is 13.9. The smallest absolute Gasteiger partial charge is 0.236 e. The van der Waals surface area contributed by atoms with Gasteiger partial charge in [-0.2, -0.15) is 0 Å². The van der Waals surface area contributed by atoms with Gasteiger partial charge in [0.25, 0.3) is 0 Å². The van der Waals surface area contributed by atoms with Crippen LogP contribution in [-0.4, -0.2) is 90.8 Å². The van der Waals surface area contributed by atoms with Crippen LogP contribution in [0.4, 0.5) is 0 Å². The van der Waals surface area contributed by atoms with Crippen molar-refractivity contribution in [3.05, 3.63) is 28.8 Å². The monoisotopic (exact) mass is 403 g/mol. The lowest BCUT2D eigenvalue weighted by Gasteiger charge is -2.25. The van der Waals surface area contributed by atoms with E-state index in [1.165, 1.54) is 5.56 Å². The molecule has 2 fully saturated rings. The van der Waals surface area contributed by atoms with Crippen molar-refractivity contribution in [3.63, 3.8) is 0 Å². The SMILES string of the molecule is Cc1ccc(C)c(OCC(O)CN2CCCN(CC(=O)N3CCCC3)CC2)c1C. The molecule has 0 radical (unpaired) electrons. The Bertz CT molecular complexity index is 688. The molecule has 2 aliphatic rings. The second-order valence-electron chi connectivity index (χ2n) is 8.64. The van der Waals surface area contributed by atoms with Gasteiger partial charge >= 0.3 is 0 Å². The van der Waals surface area contributed by atoms with Crippen LogP contribution >= 0.6 is 0 Å². The lowest BCUT2D eigenvalue weighted by atomic mass is 10.1. The highest BCUT2D eigenvalue weighted by molar-refractivity contribution is 5.78. The summed E-state index contributed by atoms with van der Waals surface area (Å²) in [6, 6.07) is 4.17. The zero-order valence-corrected chi connectivity index (χ0v) is 18.3. The minimum absolute atomic E-state index is 0.272. The molecular formula is C23H37N3O3. The Morgan fingerprint density at radius 1 is 0.966 bits per heavy atom. The molecule has 1 aromatic carbocycles. The van der Waals surface area contributed by atoms with E-state index in [-0.39, 0.29) is 5.91 Å². The average molecular weight is 404 g/mol. The number of amides is 1. The molecule has 1 aromatic rings. The predicted molar refractivity (Wildman–Crippen MR) is 115 cm³/mol. The van der Waals surface area contributed by atoms with Crippen LogP contribution in [0, 0.1) is 20.8 Å². The van der Waals surface area contributed by atoms with E-state index in [2.05, 4.69) is 35.8 Å². The minimum atomic E-state index is -0.521. The third kappa shape index (κ3) is 6.17. The first kappa shape index (κ1) is 22.1. The highest BCUT2D eigenvalue weighted by Gasteiger charge is 2.23. The molecule has 1 atom stereocenters. The van der Waals surface area contributed by atoms with Crippen LogP contribution in [-0.2, 0) is 4.79 Å². The minimum Gasteiger partial charge on any atom is -0.490 e. The van der Waals surface area contributed by atoms with E-state index >= 15 is 0 Å². The molecule has 0 saturated carbocycles. The van der Waals surface area contributed by atoms with E-state index in [9.17, 15) is 9.90 Å². The van der Waals surface area contributed by atoms with Gasteiger partial charge < -0.3 is 14.7 Å². The van der Waals surface area contributed by atoms with Crippen molar-refractivity contribution in [1.29, 1.82) is 0 Å². The third-order valence-electron chi connectivity index (χ3n) is 6.26. The quantitative estimate of drug-likeness (QED) is 0.755. The Labute approximate surface area is 175 Å². The molecule has 6 heteroatoms. The second kappa shape index (κ2) is 10.4. The van der Waals surface area contributed by atoms with Crippen LogP contribution in [0.1, 0.15) is 36.0 Å². The number of aryl methyl sites for hydroxylation is 2. The number of hydrogen-bond acceptors (Lipinski definition) is 5. The van der Waals surface area contributed by atoms with Crippen molar-refractivity contribution < 1.29 is 14.6 Å². The van der Waals surface area contributed by atoms with Crippen LogP contribution in [0.3, 0.4) is 0 Å². The molecule has 29 heavy (non-hydrogen) atoms. The third-order valence-corrected chi connectivity index (χ3v) is 6.26. The first-order valence-corrected chi connectivity index (χ1v) is 11.0. The van der Waals surface area contributed by atoms with Crippen LogP contribution in [0.2, 0.25) is 0 Å². The van der Waals surface area contributed by atoms with Gasteiger partial charge in [-0.3, -0.25) is 14.6 Å². The van der Waals surface area contributed by atoms with Crippen LogP contribution in [0.15, 0.2) is 12.1 Å². The standard InChI is InChI=1S/C23H37N3O3/c1-18-7-8-19(2)23(20(18)3)29-17-21(27)15-24-9-6-10-25(14-13-24)16-22(28)26-11-4-5-12-26/h7-8,21,27H,4-6,9-17H2,1-3H3. The second-order valence-corrected chi connectivity index (χ2v) is 8.64. The van der Waals surface area contributed by atoms with Crippen LogP contribution < -0.4 is 4.74 Å². The van der Waals surface area contributed by atoms with Crippen molar-refractivity contribution in [3.8, 4) is 5.75 Å². The van der Waals surface area contributed by atoms with Crippen molar-refractivity contribution in [2.75, 3.05) is 59.0 Å². The van der Waals surface area contributed by atoms with Crippen molar-refractivity contribution in [2.45, 2.75) is 46.1 Å². The van der Waals surface area contributed by atoms with Gasteiger partial charge in [0, 0.05) is 32.7 Å². The number of benzene rings is 1. The molecule has 0 spiro atoms. The number of aliphatic hydroxyl groups is 1. The summed E-state index contributed by atoms with van der Waals surface area (Å²) >= 11 is 0. The summed E-state index contributed by atoms with van der Waals surface area (Å²) in [4.78, 5) is 19.0. The summed E-state index contributed by atoms with van der Waals surface area (Å²) in [6.45, 7) is 13.1. The highest BCUT2D eigenvalue weighted by atomic mass is 16.5. The maximum atomic E-state index is 12.4. The zero-order chi connectivity index (χ0) is 20.8. The Morgan fingerprint density at radius 2 is 1.62 bits per heavy atom. The fourth-order valence-corrected chi connectivity index (χ4v) is 4.30. The Morgan fingerprint density at radius 3 is 2.38 bits per heavy atom. The van der Waals surface area contributed by atoms with Crippen molar-refractivity contribution >= 4 is 5.91 Å². The van der Waals surface area contributed by atoms with Crippen molar-refractivity contribution in [1.82, 2.24) is 14.7 Å². The lowest BCUT2D eigenvalue weighted by molar-refractivity contribution is -0.131. The predicted octanol–water partition coefficient (Wildman–Crippen LogP) is 1.98. The number of β-amino-alcohol motifs (C(OH)–C–C–N with tert-alkyl or cyclic N) is 1. The molecule has 2 aliphatic heterocycles. The van der Waals surface area contributed by atoms with Gasteiger partial charge in [-0.05, 0) is 69.8 Å². The van der Waals surface area contributed by atoms with E-state index in [1.807, 2.05) is 11.8 Å².